The molecule has 4 rings (SSSR count). The van der Waals surface area contributed by atoms with Crippen LogP contribution in [0, 0.1) is 6.92 Å². The molecule has 0 saturated carbocycles. The smallest absolute Gasteiger partial charge is 0.410 e. The van der Waals surface area contributed by atoms with Crippen LogP contribution in [0.5, 0.6) is 0 Å². The van der Waals surface area contributed by atoms with Crippen molar-refractivity contribution in [1.82, 2.24) is 14.8 Å². The Morgan fingerprint density at radius 3 is 2.60 bits per heavy atom. The van der Waals surface area contributed by atoms with Crippen molar-refractivity contribution in [2.45, 2.75) is 25.8 Å². The lowest BCUT2D eigenvalue weighted by atomic mass is 10.0. The summed E-state index contributed by atoms with van der Waals surface area (Å²) in [7, 11) is 0. The molecule has 0 unspecified atom stereocenters. The maximum atomic E-state index is 13.0. The number of aromatic nitrogens is 1. The van der Waals surface area contributed by atoms with E-state index in [4.69, 9.17) is 4.74 Å². The zero-order valence-electron chi connectivity index (χ0n) is 16.8. The van der Waals surface area contributed by atoms with Crippen molar-refractivity contribution >= 4 is 23.6 Å². The number of nitrogens with one attached hydrogen (secondary N) is 1. The molecule has 3 amide bonds. The summed E-state index contributed by atoms with van der Waals surface area (Å²) in [6.07, 6.45) is 2.77. The number of cyclic esters (lactones) is 1. The Morgan fingerprint density at radius 1 is 1.13 bits per heavy atom. The maximum absolute atomic E-state index is 13.0. The molecule has 0 aliphatic carbocycles. The van der Waals surface area contributed by atoms with E-state index in [2.05, 4.69) is 10.3 Å². The molecule has 2 fully saturated rings. The van der Waals surface area contributed by atoms with Crippen molar-refractivity contribution in [3.05, 3.63) is 59.4 Å². The Bertz CT molecular complexity index is 955. The third-order valence-electron chi connectivity index (χ3n) is 5.61. The van der Waals surface area contributed by atoms with Crippen molar-refractivity contribution in [1.29, 1.82) is 0 Å². The molecule has 1 N–H and O–H groups in total. The van der Waals surface area contributed by atoms with Gasteiger partial charge in [-0.2, -0.15) is 0 Å². The molecule has 1 aromatic carbocycles. The zero-order chi connectivity index (χ0) is 21.1. The Labute approximate surface area is 174 Å². The lowest BCUT2D eigenvalue weighted by molar-refractivity contribution is 0.0658. The second-order valence-electron chi connectivity index (χ2n) is 7.53. The van der Waals surface area contributed by atoms with E-state index >= 15 is 0 Å². The summed E-state index contributed by atoms with van der Waals surface area (Å²) in [5.74, 6) is -0.396. The molecule has 0 spiro atoms. The molecule has 8 heteroatoms. The van der Waals surface area contributed by atoms with Gasteiger partial charge >= 0.3 is 6.09 Å². The lowest BCUT2D eigenvalue weighted by Gasteiger charge is -2.35. The second kappa shape index (κ2) is 8.52. The van der Waals surface area contributed by atoms with Crippen LogP contribution >= 0.6 is 0 Å². The number of anilines is 1. The molecule has 2 saturated heterocycles. The fourth-order valence-electron chi connectivity index (χ4n) is 3.87. The van der Waals surface area contributed by atoms with Gasteiger partial charge in [0.05, 0.1) is 6.54 Å². The van der Waals surface area contributed by atoms with Gasteiger partial charge in [0, 0.05) is 36.6 Å². The van der Waals surface area contributed by atoms with Crippen LogP contribution < -0.4 is 5.32 Å². The highest BCUT2D eigenvalue weighted by molar-refractivity contribution is 6.04. The van der Waals surface area contributed by atoms with Crippen LogP contribution in [0.25, 0.3) is 0 Å². The first-order valence-electron chi connectivity index (χ1n) is 10.1. The van der Waals surface area contributed by atoms with Crippen LogP contribution in [0.1, 0.15) is 39.3 Å². The van der Waals surface area contributed by atoms with Gasteiger partial charge in [-0.15, -0.1) is 0 Å². The third kappa shape index (κ3) is 4.12. The highest BCUT2D eigenvalue weighted by atomic mass is 16.6. The number of carbonyl (C=O) groups excluding carboxylic acids is 3. The van der Waals surface area contributed by atoms with Crippen LogP contribution in [-0.2, 0) is 4.74 Å². The van der Waals surface area contributed by atoms with Gasteiger partial charge in [-0.1, -0.05) is 12.1 Å². The lowest BCUT2D eigenvalue weighted by Crippen LogP contribution is -2.47. The molecule has 0 bridgehead atoms. The number of nitrogens with zero attached hydrogens (tertiary/aromatic N) is 3. The number of carbonyl (C=O) groups is 3. The highest BCUT2D eigenvalue weighted by Gasteiger charge is 2.33. The summed E-state index contributed by atoms with van der Waals surface area (Å²) in [5, 5.41) is 2.84. The summed E-state index contributed by atoms with van der Waals surface area (Å²) in [4.78, 5) is 44.8. The van der Waals surface area contributed by atoms with Crippen molar-refractivity contribution in [2.75, 3.05) is 31.6 Å². The van der Waals surface area contributed by atoms with Crippen LogP contribution in [0.4, 0.5) is 10.5 Å². The largest absolute Gasteiger partial charge is 0.448 e. The summed E-state index contributed by atoms with van der Waals surface area (Å²) < 4.78 is 5.02. The molecular weight excluding hydrogens is 384 g/mol. The summed E-state index contributed by atoms with van der Waals surface area (Å²) in [5.41, 5.74) is 2.29. The molecule has 30 heavy (non-hydrogen) atoms. The zero-order valence-corrected chi connectivity index (χ0v) is 16.8. The standard InChI is InChI=1S/C22H24N4O4/c1-15-5-6-16(14-19(15)24-20(27)18-4-2-3-9-23-18)21(28)25-10-7-17(8-11-25)26-12-13-30-22(26)29/h2-6,9,14,17H,7-8,10-13H2,1H3,(H,24,27). The molecule has 2 aromatic rings. The summed E-state index contributed by atoms with van der Waals surface area (Å²) >= 11 is 0. The SMILES string of the molecule is Cc1ccc(C(=O)N2CCC(N3CCOC3=O)CC2)cc1NC(=O)c1ccccn1. The van der Waals surface area contributed by atoms with Gasteiger partial charge in [-0.05, 0) is 49.6 Å². The van der Waals surface area contributed by atoms with Crippen LogP contribution in [0.2, 0.25) is 0 Å². The molecular formula is C22H24N4O4. The molecule has 0 atom stereocenters. The minimum atomic E-state index is -0.318. The minimum Gasteiger partial charge on any atom is -0.448 e. The number of benzene rings is 1. The predicted molar refractivity (Wildman–Crippen MR) is 110 cm³/mol. The van der Waals surface area contributed by atoms with E-state index in [1.165, 1.54) is 0 Å². The molecule has 2 aliphatic heterocycles. The van der Waals surface area contributed by atoms with Crippen molar-refractivity contribution in [2.24, 2.45) is 0 Å². The fraction of sp³-hybridized carbons (Fsp3) is 0.364. The number of pyridine rings is 1. The maximum Gasteiger partial charge on any atom is 0.410 e. The Hall–Kier alpha value is -3.42. The molecule has 8 nitrogen and oxygen atoms in total. The number of aryl methyl sites for hydroxylation is 1. The minimum absolute atomic E-state index is 0.0780. The van der Waals surface area contributed by atoms with E-state index < -0.39 is 0 Å². The molecule has 156 valence electrons. The number of ether oxygens (including phenoxy) is 1. The Morgan fingerprint density at radius 2 is 1.93 bits per heavy atom. The van der Waals surface area contributed by atoms with E-state index in [0.29, 0.717) is 43.2 Å². The van der Waals surface area contributed by atoms with E-state index in [1.807, 2.05) is 13.0 Å². The van der Waals surface area contributed by atoms with Crippen molar-refractivity contribution in [3.8, 4) is 0 Å². The van der Waals surface area contributed by atoms with Gasteiger partial charge in [-0.25, -0.2) is 4.79 Å². The quantitative estimate of drug-likeness (QED) is 0.840. The van der Waals surface area contributed by atoms with Crippen molar-refractivity contribution < 1.29 is 19.1 Å². The second-order valence-corrected chi connectivity index (χ2v) is 7.53. The van der Waals surface area contributed by atoms with E-state index in [9.17, 15) is 14.4 Å². The first-order chi connectivity index (χ1) is 14.5. The Balaban J connectivity index is 1.42. The van der Waals surface area contributed by atoms with Crippen LogP contribution in [0.15, 0.2) is 42.6 Å². The van der Waals surface area contributed by atoms with Crippen molar-refractivity contribution in [3.63, 3.8) is 0 Å². The Kier molecular flexibility index (Phi) is 5.65. The number of likely N-dealkylation sites (tertiary alicyclic amines) is 1. The highest BCUT2D eigenvalue weighted by Crippen LogP contribution is 2.23. The predicted octanol–water partition coefficient (Wildman–Crippen LogP) is 2.70. The first kappa shape index (κ1) is 19.9. The van der Waals surface area contributed by atoms with E-state index in [1.54, 1.807) is 46.3 Å². The monoisotopic (exact) mass is 408 g/mol. The molecule has 3 heterocycles. The van der Waals surface area contributed by atoms with Crippen LogP contribution in [0.3, 0.4) is 0 Å². The average molecular weight is 408 g/mol. The van der Waals surface area contributed by atoms with Crippen LogP contribution in [-0.4, -0.2) is 65.0 Å². The summed E-state index contributed by atoms with van der Waals surface area (Å²) in [6.45, 7) is 4.10. The van der Waals surface area contributed by atoms with Gasteiger partial charge in [0.1, 0.15) is 12.3 Å². The number of hydrogen-bond acceptors (Lipinski definition) is 5. The third-order valence-corrected chi connectivity index (χ3v) is 5.61. The number of amides is 3. The normalized spacial score (nSPS) is 17.0. The molecule has 0 radical (unpaired) electrons. The number of rotatable bonds is 4. The van der Waals surface area contributed by atoms with Gasteiger partial charge < -0.3 is 19.9 Å². The van der Waals surface area contributed by atoms with Gasteiger partial charge in [0.2, 0.25) is 0 Å². The average Bonchev–Trinajstić information content (AvgIpc) is 3.21. The topological polar surface area (TPSA) is 91.8 Å². The first-order valence-corrected chi connectivity index (χ1v) is 10.1. The summed E-state index contributed by atoms with van der Waals surface area (Å²) in [6, 6.07) is 10.6. The van der Waals surface area contributed by atoms with Gasteiger partial charge in [-0.3, -0.25) is 14.6 Å². The van der Waals surface area contributed by atoms with E-state index in [-0.39, 0.29) is 23.9 Å². The van der Waals surface area contributed by atoms with Gasteiger partial charge in [0.25, 0.3) is 11.8 Å². The van der Waals surface area contributed by atoms with E-state index in [0.717, 1.165) is 18.4 Å². The number of hydrogen-bond donors (Lipinski definition) is 1. The molecule has 1 aromatic heterocycles. The van der Waals surface area contributed by atoms with Gasteiger partial charge in [0.15, 0.2) is 0 Å². The fourth-order valence-corrected chi connectivity index (χ4v) is 3.87. The molecule has 2 aliphatic rings. The number of piperidine rings is 1.